The minimum Gasteiger partial charge on any atom is -0.481 e. The molecule has 0 radical (unpaired) electrons. The van der Waals surface area contributed by atoms with Crippen molar-refractivity contribution in [3.8, 4) is 0 Å². The molecule has 1 N–H and O–H groups in total. The van der Waals surface area contributed by atoms with E-state index in [0.29, 0.717) is 31.5 Å². The van der Waals surface area contributed by atoms with Gasteiger partial charge < -0.3 is 10.0 Å². The lowest BCUT2D eigenvalue weighted by Gasteiger charge is -2.36. The highest BCUT2D eigenvalue weighted by atomic mass is 35.5. The van der Waals surface area contributed by atoms with Crippen molar-refractivity contribution in [3.05, 3.63) is 34.6 Å². The molecule has 108 valence electrons. The van der Waals surface area contributed by atoms with Gasteiger partial charge in [-0.15, -0.1) is 0 Å². The lowest BCUT2D eigenvalue weighted by Crippen LogP contribution is -2.45. The fourth-order valence-corrected chi connectivity index (χ4v) is 2.41. The smallest absolute Gasteiger partial charge is 0.309 e. The highest BCUT2D eigenvalue weighted by Crippen LogP contribution is 2.31. The van der Waals surface area contributed by atoms with Crippen LogP contribution in [-0.2, 0) is 4.79 Å². The Morgan fingerprint density at radius 2 is 1.95 bits per heavy atom. The van der Waals surface area contributed by atoms with E-state index in [2.05, 4.69) is 0 Å². The molecule has 1 aliphatic heterocycles. The van der Waals surface area contributed by atoms with Gasteiger partial charge in [-0.05, 0) is 38.0 Å². The number of piperidine rings is 1. The largest absolute Gasteiger partial charge is 0.481 e. The quantitative estimate of drug-likeness (QED) is 0.913. The fraction of sp³-hybridized carbons (Fsp3) is 0.429. The maximum absolute atomic E-state index is 13.1. The number of likely N-dealkylation sites (tertiary alicyclic amines) is 1. The summed E-state index contributed by atoms with van der Waals surface area (Å²) in [4.78, 5) is 25.0. The first-order chi connectivity index (χ1) is 9.33. The number of benzene rings is 1. The van der Waals surface area contributed by atoms with E-state index in [4.69, 9.17) is 16.7 Å². The second kappa shape index (κ2) is 5.40. The van der Waals surface area contributed by atoms with Gasteiger partial charge in [0, 0.05) is 18.7 Å². The topological polar surface area (TPSA) is 57.6 Å². The van der Waals surface area contributed by atoms with Gasteiger partial charge in [-0.3, -0.25) is 9.59 Å². The number of halogens is 2. The predicted molar refractivity (Wildman–Crippen MR) is 72.3 cm³/mol. The zero-order chi connectivity index (χ0) is 14.9. The molecular weight excluding hydrogens is 285 g/mol. The number of carbonyl (C=O) groups is 2. The summed E-state index contributed by atoms with van der Waals surface area (Å²) in [6, 6.07) is 3.83. The van der Waals surface area contributed by atoms with Crippen LogP contribution in [0.5, 0.6) is 0 Å². The van der Waals surface area contributed by atoms with Gasteiger partial charge in [0.05, 0.1) is 10.4 Å². The summed E-state index contributed by atoms with van der Waals surface area (Å²) in [5, 5.41) is 9.05. The van der Waals surface area contributed by atoms with E-state index in [9.17, 15) is 14.0 Å². The highest BCUT2D eigenvalue weighted by Gasteiger charge is 2.38. The second-order valence-electron chi connectivity index (χ2n) is 5.29. The maximum atomic E-state index is 13.1. The molecule has 20 heavy (non-hydrogen) atoms. The van der Waals surface area contributed by atoms with Gasteiger partial charge in [-0.2, -0.15) is 0 Å². The van der Waals surface area contributed by atoms with E-state index >= 15 is 0 Å². The molecule has 1 aromatic carbocycles. The van der Waals surface area contributed by atoms with Crippen molar-refractivity contribution in [2.45, 2.75) is 19.8 Å². The number of aliphatic carboxylic acids is 1. The summed E-state index contributed by atoms with van der Waals surface area (Å²) >= 11 is 5.66. The molecule has 1 aliphatic rings. The van der Waals surface area contributed by atoms with Gasteiger partial charge in [0.2, 0.25) is 0 Å². The number of carbonyl (C=O) groups excluding carboxylic acids is 1. The molecule has 6 heteroatoms. The second-order valence-corrected chi connectivity index (χ2v) is 5.69. The lowest BCUT2D eigenvalue weighted by atomic mass is 9.80. The maximum Gasteiger partial charge on any atom is 0.309 e. The first-order valence-corrected chi connectivity index (χ1v) is 6.69. The number of carboxylic acids is 1. The molecule has 1 heterocycles. The van der Waals surface area contributed by atoms with Crippen LogP contribution in [0.1, 0.15) is 30.1 Å². The minimum atomic E-state index is -0.838. The molecule has 1 aromatic rings. The summed E-state index contributed by atoms with van der Waals surface area (Å²) in [5.41, 5.74) is -0.465. The Balaban J connectivity index is 2.08. The number of amides is 1. The highest BCUT2D eigenvalue weighted by molar-refractivity contribution is 6.31. The van der Waals surface area contributed by atoms with Crippen LogP contribution in [0.25, 0.3) is 0 Å². The third-order valence-electron chi connectivity index (χ3n) is 3.84. The van der Waals surface area contributed by atoms with Gasteiger partial charge in [-0.25, -0.2) is 4.39 Å². The van der Waals surface area contributed by atoms with Gasteiger partial charge in [-0.1, -0.05) is 11.6 Å². The van der Waals surface area contributed by atoms with Crippen LogP contribution in [0.3, 0.4) is 0 Å². The summed E-state index contributed by atoms with van der Waals surface area (Å²) in [6.45, 7) is 2.43. The van der Waals surface area contributed by atoms with E-state index < -0.39 is 17.2 Å². The van der Waals surface area contributed by atoms with Gasteiger partial charge in [0.1, 0.15) is 5.82 Å². The molecule has 1 saturated heterocycles. The van der Waals surface area contributed by atoms with Crippen molar-refractivity contribution < 1.29 is 19.1 Å². The van der Waals surface area contributed by atoms with Crippen LogP contribution in [-0.4, -0.2) is 35.0 Å². The van der Waals surface area contributed by atoms with Crippen LogP contribution >= 0.6 is 11.6 Å². The molecule has 0 atom stereocenters. The van der Waals surface area contributed by atoms with Gasteiger partial charge in [0.15, 0.2) is 0 Å². The average Bonchev–Trinajstić information content (AvgIpc) is 2.42. The van der Waals surface area contributed by atoms with Crippen molar-refractivity contribution in [3.63, 3.8) is 0 Å². The van der Waals surface area contributed by atoms with Gasteiger partial charge in [0.25, 0.3) is 5.91 Å². The van der Waals surface area contributed by atoms with E-state index in [0.717, 1.165) is 6.07 Å². The number of carboxylic acid groups (broad SMARTS) is 1. The Kier molecular flexibility index (Phi) is 3.99. The van der Waals surface area contributed by atoms with Crippen molar-refractivity contribution in [2.75, 3.05) is 13.1 Å². The number of rotatable bonds is 2. The van der Waals surface area contributed by atoms with E-state index in [1.807, 2.05) is 0 Å². The van der Waals surface area contributed by atoms with Crippen LogP contribution in [0.4, 0.5) is 4.39 Å². The molecular formula is C14H15ClFNO3. The summed E-state index contributed by atoms with van der Waals surface area (Å²) in [5.74, 6) is -1.66. The van der Waals surface area contributed by atoms with Crippen molar-refractivity contribution in [2.24, 2.45) is 5.41 Å². The molecule has 0 saturated carbocycles. The van der Waals surface area contributed by atoms with Crippen molar-refractivity contribution >= 4 is 23.5 Å². The number of hydrogen-bond donors (Lipinski definition) is 1. The van der Waals surface area contributed by atoms with Crippen LogP contribution in [0.2, 0.25) is 5.02 Å². The summed E-state index contributed by atoms with van der Waals surface area (Å²) in [6.07, 6.45) is 0.812. The molecule has 1 amide bonds. The van der Waals surface area contributed by atoms with Gasteiger partial charge >= 0.3 is 5.97 Å². The Bertz CT molecular complexity index is 553. The van der Waals surface area contributed by atoms with Crippen LogP contribution in [0.15, 0.2) is 18.2 Å². The Hall–Kier alpha value is -1.62. The van der Waals surface area contributed by atoms with Crippen molar-refractivity contribution in [1.29, 1.82) is 0 Å². The fourth-order valence-electron chi connectivity index (χ4n) is 2.23. The third kappa shape index (κ3) is 2.77. The molecule has 4 nitrogen and oxygen atoms in total. The molecule has 0 aromatic heterocycles. The number of hydrogen-bond acceptors (Lipinski definition) is 2. The SMILES string of the molecule is CC1(C(=O)O)CCN(C(=O)c2ccc(F)c(Cl)c2)CC1. The standard InChI is InChI=1S/C14H15ClFNO3/c1-14(13(19)20)4-6-17(7-5-14)12(18)9-2-3-11(16)10(15)8-9/h2-3,8H,4-7H2,1H3,(H,19,20). The Morgan fingerprint density at radius 3 is 2.45 bits per heavy atom. The third-order valence-corrected chi connectivity index (χ3v) is 4.13. The van der Waals surface area contributed by atoms with E-state index in [-0.39, 0.29) is 10.9 Å². The molecule has 2 rings (SSSR count). The zero-order valence-corrected chi connectivity index (χ0v) is 11.8. The zero-order valence-electron chi connectivity index (χ0n) is 11.0. The van der Waals surface area contributed by atoms with E-state index in [1.165, 1.54) is 12.1 Å². The van der Waals surface area contributed by atoms with Crippen LogP contribution in [0, 0.1) is 11.2 Å². The van der Waals surface area contributed by atoms with E-state index in [1.54, 1.807) is 11.8 Å². The molecule has 0 spiro atoms. The molecule has 0 bridgehead atoms. The Morgan fingerprint density at radius 1 is 1.35 bits per heavy atom. The summed E-state index contributed by atoms with van der Waals surface area (Å²) < 4.78 is 13.1. The molecule has 1 fully saturated rings. The first kappa shape index (κ1) is 14.8. The monoisotopic (exact) mass is 299 g/mol. The van der Waals surface area contributed by atoms with Crippen molar-refractivity contribution in [1.82, 2.24) is 4.90 Å². The van der Waals surface area contributed by atoms with Crippen LogP contribution < -0.4 is 0 Å². The number of nitrogens with zero attached hydrogens (tertiary/aromatic N) is 1. The predicted octanol–water partition coefficient (Wildman–Crippen LogP) is 2.81. The Labute approximate surface area is 121 Å². The molecule has 0 unspecified atom stereocenters. The summed E-state index contributed by atoms with van der Waals surface area (Å²) in [7, 11) is 0. The minimum absolute atomic E-state index is 0.0942. The molecule has 0 aliphatic carbocycles. The normalized spacial score (nSPS) is 17.9. The first-order valence-electron chi connectivity index (χ1n) is 6.31. The average molecular weight is 300 g/mol. The lowest BCUT2D eigenvalue weighted by molar-refractivity contribution is -0.150.